The van der Waals surface area contributed by atoms with Gasteiger partial charge in [0, 0.05) is 49.8 Å². The van der Waals surface area contributed by atoms with Gasteiger partial charge in [0.1, 0.15) is 17.7 Å². The molecule has 2 aliphatic heterocycles. The summed E-state index contributed by atoms with van der Waals surface area (Å²) in [5.41, 5.74) is 0.861. The highest BCUT2D eigenvalue weighted by molar-refractivity contribution is 6.30. The van der Waals surface area contributed by atoms with E-state index < -0.39 is 0 Å². The van der Waals surface area contributed by atoms with Gasteiger partial charge in [-0.1, -0.05) is 11.6 Å². The number of aromatic hydroxyl groups is 1. The molecule has 128 valence electrons. The van der Waals surface area contributed by atoms with E-state index in [4.69, 9.17) is 16.3 Å². The fourth-order valence-corrected chi connectivity index (χ4v) is 3.68. The van der Waals surface area contributed by atoms with E-state index in [0.29, 0.717) is 17.3 Å². The van der Waals surface area contributed by atoms with Crippen LogP contribution in [0.15, 0.2) is 18.2 Å². The monoisotopic (exact) mass is 348 g/mol. The molecule has 7 heteroatoms. The lowest BCUT2D eigenvalue weighted by Gasteiger charge is -2.20. The number of fused-ring (bicyclic) bond motifs is 1. The Labute approximate surface area is 146 Å². The summed E-state index contributed by atoms with van der Waals surface area (Å²) in [7, 11) is 0. The average molecular weight is 349 g/mol. The van der Waals surface area contributed by atoms with E-state index >= 15 is 0 Å². The summed E-state index contributed by atoms with van der Waals surface area (Å²) in [6.45, 7) is 4.11. The number of phenolic OH excluding ortho intramolecular Hbond substituents is 1. The standard InChI is InChI=1S/C17H21ClN4O2/c18-13-3-4-14(23)12(10-13)11-21-6-5-16-19-20-17(22(16)8-7-21)15-2-1-9-24-15/h3-4,10,15,23H,1-2,5-9,11H2. The average Bonchev–Trinajstić information content (AvgIpc) is 3.19. The van der Waals surface area contributed by atoms with Crippen LogP contribution in [0.4, 0.5) is 0 Å². The number of rotatable bonds is 3. The van der Waals surface area contributed by atoms with E-state index in [9.17, 15) is 5.11 Å². The van der Waals surface area contributed by atoms with Gasteiger partial charge < -0.3 is 14.4 Å². The Morgan fingerprint density at radius 2 is 2.17 bits per heavy atom. The van der Waals surface area contributed by atoms with Crippen molar-refractivity contribution in [2.45, 2.75) is 38.5 Å². The second kappa shape index (κ2) is 6.70. The van der Waals surface area contributed by atoms with Crippen molar-refractivity contribution >= 4 is 11.6 Å². The van der Waals surface area contributed by atoms with E-state index in [0.717, 1.165) is 62.7 Å². The molecular formula is C17H21ClN4O2. The van der Waals surface area contributed by atoms with Crippen molar-refractivity contribution in [1.29, 1.82) is 0 Å². The number of hydrogen-bond donors (Lipinski definition) is 1. The second-order valence-corrected chi connectivity index (χ2v) is 6.86. The number of phenols is 1. The molecule has 0 radical (unpaired) electrons. The lowest BCUT2D eigenvalue weighted by Crippen LogP contribution is -2.27. The van der Waals surface area contributed by atoms with E-state index in [-0.39, 0.29) is 6.10 Å². The Kier molecular flexibility index (Phi) is 4.43. The minimum absolute atomic E-state index is 0.0924. The molecule has 4 rings (SSSR count). The van der Waals surface area contributed by atoms with Gasteiger partial charge in [0.2, 0.25) is 0 Å². The summed E-state index contributed by atoms with van der Waals surface area (Å²) in [6, 6.07) is 5.19. The smallest absolute Gasteiger partial charge is 0.162 e. The minimum Gasteiger partial charge on any atom is -0.508 e. The quantitative estimate of drug-likeness (QED) is 0.923. The van der Waals surface area contributed by atoms with Gasteiger partial charge in [-0.15, -0.1) is 10.2 Å². The first-order valence-electron chi connectivity index (χ1n) is 8.44. The van der Waals surface area contributed by atoms with Gasteiger partial charge in [0.25, 0.3) is 0 Å². The number of benzene rings is 1. The molecule has 0 aliphatic carbocycles. The van der Waals surface area contributed by atoms with Gasteiger partial charge in [-0.25, -0.2) is 0 Å². The van der Waals surface area contributed by atoms with Crippen LogP contribution in [0.1, 0.15) is 36.2 Å². The maximum Gasteiger partial charge on any atom is 0.162 e. The van der Waals surface area contributed by atoms with Gasteiger partial charge in [-0.3, -0.25) is 4.90 Å². The van der Waals surface area contributed by atoms with Crippen LogP contribution in [0.25, 0.3) is 0 Å². The SMILES string of the molecule is Oc1ccc(Cl)cc1CN1CCc2nnc(C3CCCO3)n2CC1. The van der Waals surface area contributed by atoms with Crippen molar-refractivity contribution in [2.24, 2.45) is 0 Å². The zero-order valence-electron chi connectivity index (χ0n) is 13.5. The second-order valence-electron chi connectivity index (χ2n) is 6.43. The van der Waals surface area contributed by atoms with Crippen molar-refractivity contribution in [3.8, 4) is 5.75 Å². The number of hydrogen-bond acceptors (Lipinski definition) is 5. The number of nitrogens with zero attached hydrogens (tertiary/aromatic N) is 4. The number of aromatic nitrogens is 3. The molecule has 1 aromatic heterocycles. The van der Waals surface area contributed by atoms with Gasteiger partial charge in [-0.2, -0.15) is 0 Å². The molecule has 3 heterocycles. The zero-order chi connectivity index (χ0) is 16.5. The Hall–Kier alpha value is -1.63. The van der Waals surface area contributed by atoms with Gasteiger partial charge in [-0.05, 0) is 31.0 Å². The Bertz CT molecular complexity index is 727. The van der Waals surface area contributed by atoms with E-state index in [1.54, 1.807) is 12.1 Å². The van der Waals surface area contributed by atoms with Gasteiger partial charge in [0.15, 0.2) is 5.82 Å². The normalized spacial score (nSPS) is 21.6. The van der Waals surface area contributed by atoms with Crippen molar-refractivity contribution in [3.05, 3.63) is 40.4 Å². The number of ether oxygens (including phenoxy) is 1. The maximum atomic E-state index is 10.0. The summed E-state index contributed by atoms with van der Waals surface area (Å²) in [4.78, 5) is 2.32. The van der Waals surface area contributed by atoms with Crippen LogP contribution in [-0.2, 0) is 24.2 Å². The predicted molar refractivity (Wildman–Crippen MR) is 90.0 cm³/mol. The van der Waals surface area contributed by atoms with Crippen LogP contribution in [0.2, 0.25) is 5.02 Å². The molecule has 24 heavy (non-hydrogen) atoms. The first-order chi connectivity index (χ1) is 11.7. The Morgan fingerprint density at radius 1 is 1.25 bits per heavy atom. The molecular weight excluding hydrogens is 328 g/mol. The fraction of sp³-hybridized carbons (Fsp3) is 0.529. The van der Waals surface area contributed by atoms with Crippen molar-refractivity contribution in [1.82, 2.24) is 19.7 Å². The molecule has 2 aliphatic rings. The third-order valence-electron chi connectivity index (χ3n) is 4.80. The molecule has 6 nitrogen and oxygen atoms in total. The minimum atomic E-state index is 0.0924. The summed E-state index contributed by atoms with van der Waals surface area (Å²) in [5.74, 6) is 2.29. The summed E-state index contributed by atoms with van der Waals surface area (Å²) >= 11 is 6.05. The summed E-state index contributed by atoms with van der Waals surface area (Å²) in [5, 5.41) is 19.4. The topological polar surface area (TPSA) is 63.4 Å². The van der Waals surface area contributed by atoms with Gasteiger partial charge >= 0.3 is 0 Å². The highest BCUT2D eigenvalue weighted by Crippen LogP contribution is 2.29. The predicted octanol–water partition coefficient (Wildman–Crippen LogP) is 2.55. The van der Waals surface area contributed by atoms with E-state index in [2.05, 4.69) is 19.7 Å². The van der Waals surface area contributed by atoms with Crippen molar-refractivity contribution in [2.75, 3.05) is 19.7 Å². The Balaban J connectivity index is 1.48. The highest BCUT2D eigenvalue weighted by Gasteiger charge is 2.27. The first-order valence-corrected chi connectivity index (χ1v) is 8.82. The molecule has 1 aromatic carbocycles. The third kappa shape index (κ3) is 3.14. The summed E-state index contributed by atoms with van der Waals surface area (Å²) < 4.78 is 7.99. The molecule has 1 saturated heterocycles. The maximum absolute atomic E-state index is 10.0. The molecule has 0 amide bonds. The van der Waals surface area contributed by atoms with Crippen LogP contribution in [0.5, 0.6) is 5.75 Å². The van der Waals surface area contributed by atoms with Crippen LogP contribution in [0, 0.1) is 0 Å². The van der Waals surface area contributed by atoms with Crippen LogP contribution in [0.3, 0.4) is 0 Å². The zero-order valence-corrected chi connectivity index (χ0v) is 14.2. The van der Waals surface area contributed by atoms with Crippen molar-refractivity contribution in [3.63, 3.8) is 0 Å². The molecule has 0 bridgehead atoms. The van der Waals surface area contributed by atoms with Gasteiger partial charge in [0.05, 0.1) is 0 Å². The third-order valence-corrected chi connectivity index (χ3v) is 5.04. The first kappa shape index (κ1) is 15.9. The van der Waals surface area contributed by atoms with E-state index in [1.165, 1.54) is 0 Å². The lowest BCUT2D eigenvalue weighted by atomic mass is 10.2. The number of halogens is 1. The van der Waals surface area contributed by atoms with Crippen LogP contribution >= 0.6 is 11.6 Å². The molecule has 2 aromatic rings. The lowest BCUT2D eigenvalue weighted by molar-refractivity contribution is 0.101. The molecule has 0 spiro atoms. The van der Waals surface area contributed by atoms with Crippen molar-refractivity contribution < 1.29 is 9.84 Å². The highest BCUT2D eigenvalue weighted by atomic mass is 35.5. The fourth-order valence-electron chi connectivity index (χ4n) is 3.49. The molecule has 1 fully saturated rings. The summed E-state index contributed by atoms with van der Waals surface area (Å²) in [6.07, 6.45) is 3.06. The van der Waals surface area contributed by atoms with E-state index in [1.807, 2.05) is 6.07 Å². The molecule has 1 N–H and O–H groups in total. The molecule has 0 saturated carbocycles. The molecule has 1 atom stereocenters. The van der Waals surface area contributed by atoms with Crippen LogP contribution < -0.4 is 0 Å². The molecule has 1 unspecified atom stereocenters. The van der Waals surface area contributed by atoms with Crippen LogP contribution in [-0.4, -0.2) is 44.5 Å². The largest absolute Gasteiger partial charge is 0.508 e. The Morgan fingerprint density at radius 3 is 3.00 bits per heavy atom.